The molecule has 1 heterocycles. The number of hydrogen-bond acceptors (Lipinski definition) is 4. The Labute approximate surface area is 118 Å². The van der Waals surface area contributed by atoms with Crippen LogP contribution in [0.5, 0.6) is 0 Å². The Kier molecular flexibility index (Phi) is 9.01. The second-order valence-corrected chi connectivity index (χ2v) is 5.05. The highest BCUT2D eigenvalue weighted by molar-refractivity contribution is 7.11. The number of methoxy groups -OCH3 is 1. The molecule has 104 valence electrons. The second-order valence-electron chi connectivity index (χ2n) is 3.80. The molecule has 0 aliphatic heterocycles. The molecule has 1 unspecified atom stereocenters. The lowest BCUT2D eigenvalue weighted by atomic mass is 10.2. The minimum Gasteiger partial charge on any atom is -0.380 e. The highest BCUT2D eigenvalue weighted by Crippen LogP contribution is 2.16. The van der Waals surface area contributed by atoms with Gasteiger partial charge in [0.25, 0.3) is 0 Å². The van der Waals surface area contributed by atoms with E-state index in [-0.39, 0.29) is 24.4 Å². The van der Waals surface area contributed by atoms with Crippen LogP contribution in [0.25, 0.3) is 0 Å². The van der Waals surface area contributed by atoms with Crippen LogP contribution >= 0.6 is 23.7 Å². The third kappa shape index (κ3) is 5.82. The van der Waals surface area contributed by atoms with E-state index in [4.69, 9.17) is 10.5 Å². The van der Waals surface area contributed by atoms with Crippen molar-refractivity contribution in [2.45, 2.75) is 32.4 Å². The largest absolute Gasteiger partial charge is 0.380 e. The zero-order chi connectivity index (χ0) is 12.7. The van der Waals surface area contributed by atoms with Crippen molar-refractivity contribution in [1.29, 1.82) is 0 Å². The highest BCUT2D eigenvalue weighted by Gasteiger charge is 2.11. The van der Waals surface area contributed by atoms with E-state index in [1.54, 1.807) is 18.4 Å². The van der Waals surface area contributed by atoms with E-state index in [0.29, 0.717) is 19.5 Å². The van der Waals surface area contributed by atoms with Gasteiger partial charge in [0, 0.05) is 23.4 Å². The zero-order valence-corrected chi connectivity index (χ0v) is 12.4. The van der Waals surface area contributed by atoms with Gasteiger partial charge in [-0.3, -0.25) is 4.79 Å². The molecule has 0 spiro atoms. The second kappa shape index (κ2) is 9.33. The molecule has 0 saturated heterocycles. The molecule has 1 amide bonds. The summed E-state index contributed by atoms with van der Waals surface area (Å²) in [6.45, 7) is 3.08. The van der Waals surface area contributed by atoms with E-state index in [0.717, 1.165) is 6.42 Å². The van der Waals surface area contributed by atoms with E-state index >= 15 is 0 Å². The van der Waals surface area contributed by atoms with E-state index in [1.165, 1.54) is 9.75 Å². The van der Waals surface area contributed by atoms with Gasteiger partial charge in [0.05, 0.1) is 19.1 Å². The summed E-state index contributed by atoms with van der Waals surface area (Å²) in [4.78, 5) is 14.1. The maximum Gasteiger partial charge on any atom is 0.222 e. The van der Waals surface area contributed by atoms with Gasteiger partial charge in [0.15, 0.2) is 0 Å². The Balaban J connectivity index is 0.00000289. The van der Waals surface area contributed by atoms with Crippen molar-refractivity contribution in [1.82, 2.24) is 5.32 Å². The third-order valence-corrected chi connectivity index (χ3v) is 3.76. The van der Waals surface area contributed by atoms with Crippen molar-refractivity contribution in [3.8, 4) is 0 Å². The number of rotatable bonds is 7. The van der Waals surface area contributed by atoms with Crippen LogP contribution in [0, 0.1) is 0 Å². The van der Waals surface area contributed by atoms with Crippen molar-refractivity contribution in [3.63, 3.8) is 0 Å². The van der Waals surface area contributed by atoms with Gasteiger partial charge in [-0.25, -0.2) is 0 Å². The van der Waals surface area contributed by atoms with Crippen LogP contribution in [0.4, 0.5) is 0 Å². The number of amides is 1. The van der Waals surface area contributed by atoms with Crippen molar-refractivity contribution < 1.29 is 9.53 Å². The lowest BCUT2D eigenvalue weighted by molar-refractivity contribution is -0.123. The number of thiophene rings is 1. The first-order valence-electron chi connectivity index (χ1n) is 5.76. The SMILES string of the molecule is CCc1ccc(CNC(=O)CC(CN)OC)s1.Cl. The van der Waals surface area contributed by atoms with Crippen LogP contribution < -0.4 is 11.1 Å². The summed E-state index contributed by atoms with van der Waals surface area (Å²) in [6.07, 6.45) is 1.17. The van der Waals surface area contributed by atoms with Gasteiger partial charge in [-0.15, -0.1) is 23.7 Å². The van der Waals surface area contributed by atoms with Crippen molar-refractivity contribution >= 4 is 29.7 Å². The summed E-state index contributed by atoms with van der Waals surface area (Å²) >= 11 is 1.73. The smallest absolute Gasteiger partial charge is 0.222 e. The van der Waals surface area contributed by atoms with Crippen LogP contribution in [-0.2, 0) is 22.5 Å². The van der Waals surface area contributed by atoms with Gasteiger partial charge >= 0.3 is 0 Å². The molecule has 1 atom stereocenters. The van der Waals surface area contributed by atoms with Crippen molar-refractivity contribution in [3.05, 3.63) is 21.9 Å². The molecule has 0 aliphatic carbocycles. The molecular weight excluding hydrogens is 272 g/mol. The summed E-state index contributed by atoms with van der Waals surface area (Å²) < 4.78 is 5.06. The normalized spacial score (nSPS) is 11.7. The fraction of sp³-hybridized carbons (Fsp3) is 0.583. The molecule has 1 rings (SSSR count). The minimum atomic E-state index is -0.190. The molecule has 0 bridgehead atoms. The Hall–Kier alpha value is -0.620. The summed E-state index contributed by atoms with van der Waals surface area (Å²) in [7, 11) is 1.57. The summed E-state index contributed by atoms with van der Waals surface area (Å²) in [5.41, 5.74) is 5.46. The summed E-state index contributed by atoms with van der Waals surface area (Å²) in [5, 5.41) is 2.87. The van der Waals surface area contributed by atoms with Gasteiger partial charge in [-0.1, -0.05) is 6.92 Å². The molecule has 3 N–H and O–H groups in total. The first-order valence-corrected chi connectivity index (χ1v) is 6.58. The molecule has 0 aromatic carbocycles. The van der Waals surface area contributed by atoms with Crippen LogP contribution in [0.3, 0.4) is 0 Å². The van der Waals surface area contributed by atoms with E-state index < -0.39 is 0 Å². The van der Waals surface area contributed by atoms with Crippen LogP contribution in [0.1, 0.15) is 23.1 Å². The molecule has 1 aromatic rings. The first kappa shape index (κ1) is 17.4. The van der Waals surface area contributed by atoms with Crippen LogP contribution in [-0.4, -0.2) is 25.7 Å². The standard InChI is InChI=1S/C12H20N2O2S.ClH/c1-3-10-4-5-11(17-10)8-14-12(15)6-9(7-13)16-2;/h4-5,9H,3,6-8,13H2,1-2H3,(H,14,15);1H. The van der Waals surface area contributed by atoms with E-state index in [2.05, 4.69) is 24.4 Å². The molecule has 0 radical (unpaired) electrons. The summed E-state index contributed by atoms with van der Waals surface area (Å²) in [6, 6.07) is 4.16. The average Bonchev–Trinajstić information content (AvgIpc) is 2.81. The number of hydrogen-bond donors (Lipinski definition) is 2. The molecule has 4 nitrogen and oxygen atoms in total. The Bertz CT molecular complexity index is 354. The zero-order valence-electron chi connectivity index (χ0n) is 10.8. The van der Waals surface area contributed by atoms with E-state index in [1.807, 2.05) is 0 Å². The predicted octanol–water partition coefficient (Wildman–Crippen LogP) is 1.71. The number of nitrogens with two attached hydrogens (primary N) is 1. The topological polar surface area (TPSA) is 64.4 Å². The number of ether oxygens (including phenoxy) is 1. The van der Waals surface area contributed by atoms with Gasteiger partial charge in [0.2, 0.25) is 5.91 Å². The molecular formula is C12H21ClN2O2S. The number of carbonyl (C=O) groups is 1. The van der Waals surface area contributed by atoms with Crippen LogP contribution in [0.2, 0.25) is 0 Å². The Morgan fingerprint density at radius 3 is 2.67 bits per heavy atom. The maximum absolute atomic E-state index is 11.6. The molecule has 1 aromatic heterocycles. The lowest BCUT2D eigenvalue weighted by Gasteiger charge is -2.12. The van der Waals surface area contributed by atoms with Gasteiger partial charge in [-0.05, 0) is 18.6 Å². The average molecular weight is 293 g/mol. The lowest BCUT2D eigenvalue weighted by Crippen LogP contribution is -2.31. The number of halogens is 1. The maximum atomic E-state index is 11.6. The molecule has 6 heteroatoms. The molecule has 0 fully saturated rings. The number of nitrogens with one attached hydrogen (secondary N) is 1. The third-order valence-electron chi connectivity index (χ3n) is 2.53. The van der Waals surface area contributed by atoms with Gasteiger partial charge < -0.3 is 15.8 Å². The molecule has 0 aliphatic rings. The Morgan fingerprint density at radius 2 is 2.17 bits per heavy atom. The molecule has 18 heavy (non-hydrogen) atoms. The van der Waals surface area contributed by atoms with Crippen molar-refractivity contribution in [2.75, 3.05) is 13.7 Å². The fourth-order valence-electron chi connectivity index (χ4n) is 1.43. The number of aryl methyl sites for hydroxylation is 1. The van der Waals surface area contributed by atoms with E-state index in [9.17, 15) is 4.79 Å². The van der Waals surface area contributed by atoms with Crippen LogP contribution in [0.15, 0.2) is 12.1 Å². The van der Waals surface area contributed by atoms with Gasteiger partial charge in [0.1, 0.15) is 0 Å². The number of carbonyl (C=O) groups excluding carboxylic acids is 1. The Morgan fingerprint density at radius 1 is 1.50 bits per heavy atom. The summed E-state index contributed by atoms with van der Waals surface area (Å²) in [5.74, 6) is -0.0197. The first-order chi connectivity index (χ1) is 8.19. The predicted molar refractivity (Wildman–Crippen MR) is 77.3 cm³/mol. The van der Waals surface area contributed by atoms with Crippen molar-refractivity contribution in [2.24, 2.45) is 5.73 Å². The highest BCUT2D eigenvalue weighted by atomic mass is 35.5. The monoisotopic (exact) mass is 292 g/mol. The minimum absolute atomic E-state index is 0. The molecule has 0 saturated carbocycles. The quantitative estimate of drug-likeness (QED) is 0.804. The fourth-order valence-corrected chi connectivity index (χ4v) is 2.33. The van der Waals surface area contributed by atoms with Gasteiger partial charge in [-0.2, -0.15) is 0 Å².